The molecule has 6 aromatic rings. The Bertz CT molecular complexity index is 2040. The molecule has 1 aliphatic carbocycles. The van der Waals surface area contributed by atoms with Crippen molar-refractivity contribution in [3.05, 3.63) is 174 Å². The summed E-state index contributed by atoms with van der Waals surface area (Å²) in [6, 6.07) is 51.5. The number of pyridine rings is 1. The number of anilines is 3. The molecule has 0 saturated heterocycles. The Morgan fingerprint density at radius 1 is 0.745 bits per heavy atom. The fourth-order valence-electron chi connectivity index (χ4n) is 6.95. The van der Waals surface area contributed by atoms with Crippen molar-refractivity contribution in [3.8, 4) is 22.8 Å². The second kappa shape index (κ2) is 11.9. The van der Waals surface area contributed by atoms with Crippen molar-refractivity contribution in [2.24, 2.45) is 0 Å². The summed E-state index contributed by atoms with van der Waals surface area (Å²) in [5, 5.41) is 0. The van der Waals surface area contributed by atoms with Gasteiger partial charge in [-0.3, -0.25) is 0 Å². The van der Waals surface area contributed by atoms with Crippen LogP contribution in [0.5, 0.6) is 11.6 Å². The van der Waals surface area contributed by atoms with Crippen LogP contribution in [0.25, 0.3) is 11.1 Å². The average Bonchev–Trinajstić information content (AvgIpc) is 3.58. The molecule has 1 aliphatic heterocycles. The van der Waals surface area contributed by atoms with Gasteiger partial charge in [-0.15, -0.1) is 29.4 Å². The number of hydrogen-bond acceptors (Lipinski definition) is 4. The smallest absolute Gasteiger partial charge is 0.217 e. The maximum atomic E-state index is 6.66. The van der Waals surface area contributed by atoms with E-state index in [9.17, 15) is 0 Å². The van der Waals surface area contributed by atoms with Gasteiger partial charge < -0.3 is 14.5 Å². The summed E-state index contributed by atoms with van der Waals surface area (Å²) in [7, 11) is 2.06. The molecule has 4 nitrogen and oxygen atoms in total. The summed E-state index contributed by atoms with van der Waals surface area (Å²) >= 11 is 0. The molecule has 0 saturated carbocycles. The van der Waals surface area contributed by atoms with Gasteiger partial charge >= 0.3 is 0 Å². The van der Waals surface area contributed by atoms with E-state index >= 15 is 0 Å². The van der Waals surface area contributed by atoms with Crippen LogP contribution in [0, 0.1) is 18.8 Å². The number of nitrogens with zero attached hydrogens (tertiary/aromatic N) is 3. The van der Waals surface area contributed by atoms with Crippen LogP contribution in [-0.4, -0.2) is 12.0 Å². The molecule has 0 unspecified atom stereocenters. The van der Waals surface area contributed by atoms with Crippen molar-refractivity contribution in [1.29, 1.82) is 0 Å². The zero-order valence-corrected chi connectivity index (χ0v) is 29.0. The Morgan fingerprint density at radius 3 is 2.09 bits per heavy atom. The maximum Gasteiger partial charge on any atom is 0.217 e. The Labute approximate surface area is 292 Å². The number of fused-ring (bicyclic) bond motifs is 4. The number of benzene rings is 5. The zero-order valence-electron chi connectivity index (χ0n) is 26.8. The molecule has 0 spiro atoms. The summed E-state index contributed by atoms with van der Waals surface area (Å²) < 4.78 is 6.66. The minimum absolute atomic E-state index is 0. The average molecular weight is 792 g/mol. The van der Waals surface area contributed by atoms with Crippen molar-refractivity contribution in [2.45, 2.75) is 31.6 Å². The van der Waals surface area contributed by atoms with Gasteiger partial charge in [-0.25, -0.2) is 4.98 Å². The van der Waals surface area contributed by atoms with E-state index < -0.39 is 5.41 Å². The van der Waals surface area contributed by atoms with Gasteiger partial charge in [0.15, 0.2) is 0 Å². The van der Waals surface area contributed by atoms with Gasteiger partial charge in [0, 0.05) is 44.3 Å². The van der Waals surface area contributed by atoms with E-state index in [-0.39, 0.29) is 26.5 Å². The Balaban J connectivity index is 0.00000351. The van der Waals surface area contributed by atoms with Crippen LogP contribution in [-0.2, 0) is 31.9 Å². The molecule has 5 aromatic carbocycles. The zero-order chi connectivity index (χ0) is 31.5. The van der Waals surface area contributed by atoms with Crippen LogP contribution < -0.4 is 14.5 Å². The molecule has 47 heavy (non-hydrogen) atoms. The number of ether oxygens (including phenoxy) is 1. The normalized spacial score (nSPS) is 14.2. The molecule has 0 radical (unpaired) electrons. The first-order chi connectivity index (χ1) is 22.3. The van der Waals surface area contributed by atoms with Gasteiger partial charge in [0.05, 0.1) is 11.1 Å². The van der Waals surface area contributed by atoms with Crippen molar-refractivity contribution >= 4 is 17.1 Å². The molecule has 8 rings (SSSR count). The van der Waals surface area contributed by atoms with E-state index in [2.05, 4.69) is 160 Å². The third kappa shape index (κ3) is 5.07. The quantitative estimate of drug-likeness (QED) is 0.163. The van der Waals surface area contributed by atoms with Crippen LogP contribution in [0.1, 0.15) is 48.7 Å². The molecule has 0 N–H and O–H groups in total. The predicted molar refractivity (Wildman–Crippen MR) is 186 cm³/mol. The van der Waals surface area contributed by atoms with Crippen molar-refractivity contribution < 1.29 is 25.8 Å². The van der Waals surface area contributed by atoms with Gasteiger partial charge in [0.25, 0.3) is 0 Å². The van der Waals surface area contributed by atoms with Gasteiger partial charge in [-0.2, -0.15) is 43.1 Å². The molecule has 2 aliphatic rings. The van der Waals surface area contributed by atoms with E-state index in [1.165, 1.54) is 22.3 Å². The standard InChI is InChI=1S/C42H34N3O.Pt/c1-41(2,3)30-25-39(42(29-15-6-5-7-16-29)35-21-10-8-19-33(35)34-20-9-11-22-36(34)42)43-40(26-30)46-32-18-14-17-31(27-32)45-28-44(4)37-23-12-13-24-38(37)45;/h5-15,17-26,28H,1-4H3;/q-3;. The largest absolute Gasteiger partial charge is 0.504 e. The van der Waals surface area contributed by atoms with Crippen LogP contribution >= 0.6 is 0 Å². The number of para-hydroxylation sites is 2. The molecule has 0 fully saturated rings. The maximum absolute atomic E-state index is 6.66. The molecular weight excluding hydrogens is 758 g/mol. The third-order valence-electron chi connectivity index (χ3n) is 9.15. The Hall–Kier alpha value is -4.66. The molecule has 0 atom stereocenters. The number of hydrogen-bond donors (Lipinski definition) is 0. The van der Waals surface area contributed by atoms with Gasteiger partial charge in [0.1, 0.15) is 0 Å². The number of aromatic nitrogens is 1. The minimum atomic E-state index is -0.668. The molecule has 1 aromatic heterocycles. The monoisotopic (exact) mass is 791 g/mol. The van der Waals surface area contributed by atoms with Crippen molar-refractivity contribution in [2.75, 3.05) is 16.8 Å². The molecule has 0 bridgehead atoms. The second-order valence-corrected chi connectivity index (χ2v) is 13.0. The first kappa shape index (κ1) is 31.0. The van der Waals surface area contributed by atoms with Gasteiger partial charge in [-0.05, 0) is 58.5 Å². The van der Waals surface area contributed by atoms with Crippen LogP contribution in [0.4, 0.5) is 17.1 Å². The predicted octanol–water partition coefficient (Wildman–Crippen LogP) is 9.84. The fraction of sp³-hybridized carbons (Fsp3) is 0.143. The Kier molecular flexibility index (Phi) is 7.81. The van der Waals surface area contributed by atoms with Crippen LogP contribution in [0.3, 0.4) is 0 Å². The van der Waals surface area contributed by atoms with E-state index in [0.717, 1.165) is 33.9 Å². The number of rotatable bonds is 5. The topological polar surface area (TPSA) is 28.6 Å². The van der Waals surface area contributed by atoms with E-state index in [4.69, 9.17) is 9.72 Å². The molecule has 5 heteroatoms. The minimum Gasteiger partial charge on any atom is -0.504 e. The first-order valence-corrected chi connectivity index (χ1v) is 15.7. The molecule has 0 amide bonds. The van der Waals surface area contributed by atoms with Crippen molar-refractivity contribution in [3.63, 3.8) is 0 Å². The summed E-state index contributed by atoms with van der Waals surface area (Å²) in [5.74, 6) is 1.14. The molecular formula is C42H34N3OPt-3. The van der Waals surface area contributed by atoms with Crippen LogP contribution in [0.2, 0.25) is 0 Å². The second-order valence-electron chi connectivity index (χ2n) is 13.0. The van der Waals surface area contributed by atoms with Crippen molar-refractivity contribution in [1.82, 2.24) is 4.98 Å². The Morgan fingerprint density at radius 2 is 1.40 bits per heavy atom. The molecule has 236 valence electrons. The SMILES string of the molecule is CN1[CH-]N(c2[c-]c(Oc3cc(C(C)(C)C)cc(C4(c5[c-]cccc5)c5ccccc5-c5ccccc54)n3)ccc2)c2ccccc21.[Pt]. The van der Waals surface area contributed by atoms with Gasteiger partial charge in [-0.1, -0.05) is 81.4 Å². The first-order valence-electron chi connectivity index (χ1n) is 15.7. The van der Waals surface area contributed by atoms with Gasteiger partial charge in [0.2, 0.25) is 5.88 Å². The van der Waals surface area contributed by atoms with E-state index in [1.54, 1.807) is 0 Å². The third-order valence-corrected chi connectivity index (χ3v) is 9.15. The van der Waals surface area contributed by atoms with E-state index in [1.807, 2.05) is 24.3 Å². The van der Waals surface area contributed by atoms with E-state index in [0.29, 0.717) is 11.6 Å². The summed E-state index contributed by atoms with van der Waals surface area (Å²) in [6.07, 6.45) is 0. The van der Waals surface area contributed by atoms with Crippen LogP contribution in [0.15, 0.2) is 127 Å². The summed E-state index contributed by atoms with van der Waals surface area (Å²) in [4.78, 5) is 9.61. The summed E-state index contributed by atoms with van der Waals surface area (Å²) in [6.45, 7) is 8.78. The molecule has 2 heterocycles. The fourth-order valence-corrected chi connectivity index (χ4v) is 6.95. The summed E-state index contributed by atoms with van der Waals surface area (Å²) in [5.41, 5.74) is 10.3.